The van der Waals surface area contributed by atoms with Crippen molar-refractivity contribution in [3.05, 3.63) is 75.9 Å². The van der Waals surface area contributed by atoms with Crippen LogP contribution in [0.25, 0.3) is 0 Å². The molecule has 1 heterocycles. The van der Waals surface area contributed by atoms with E-state index in [1.54, 1.807) is 18.2 Å². The summed E-state index contributed by atoms with van der Waals surface area (Å²) in [4.78, 5) is 19.2. The van der Waals surface area contributed by atoms with Gasteiger partial charge < -0.3 is 15.7 Å². The summed E-state index contributed by atoms with van der Waals surface area (Å²) in [5.41, 5.74) is -0.562. The van der Waals surface area contributed by atoms with Crippen LogP contribution in [0.5, 0.6) is 0 Å². The number of alkyl halides is 3. The Hall–Kier alpha value is -3.04. The van der Waals surface area contributed by atoms with Crippen molar-refractivity contribution < 1.29 is 23.1 Å². The molecule has 0 saturated carbocycles. The predicted octanol–water partition coefficient (Wildman–Crippen LogP) is 5.78. The lowest BCUT2D eigenvalue weighted by Crippen LogP contribution is -2.23. The van der Waals surface area contributed by atoms with E-state index in [2.05, 4.69) is 20.6 Å². The number of hydrogen-bond acceptors (Lipinski definition) is 5. The molecule has 3 aromatic rings. The molecule has 0 aliphatic heterocycles. The van der Waals surface area contributed by atoms with Gasteiger partial charge in [0, 0.05) is 11.9 Å². The molecule has 2 aromatic carbocycles. The van der Waals surface area contributed by atoms with Crippen molar-refractivity contribution in [1.29, 1.82) is 0 Å². The molecule has 3 rings (SSSR count). The fourth-order valence-electron chi connectivity index (χ4n) is 2.53. The minimum Gasteiger partial charge on any atom is -0.479 e. The van der Waals surface area contributed by atoms with Gasteiger partial charge in [-0.15, -0.1) is 0 Å². The number of anilines is 3. The van der Waals surface area contributed by atoms with Crippen LogP contribution in [0.3, 0.4) is 0 Å². The third-order valence-corrected chi connectivity index (χ3v) is 4.67. The maximum absolute atomic E-state index is 13.4. The average Bonchev–Trinajstić information content (AvgIpc) is 2.68. The first-order valence-corrected chi connectivity index (χ1v) is 9.11. The number of aliphatic carboxylic acids is 1. The molecule has 1 atom stereocenters. The molecule has 0 aliphatic rings. The number of rotatable bonds is 6. The smallest absolute Gasteiger partial charge is 0.421 e. The second kappa shape index (κ2) is 8.76. The van der Waals surface area contributed by atoms with E-state index in [4.69, 9.17) is 23.2 Å². The molecule has 11 heteroatoms. The molecule has 1 aromatic heterocycles. The van der Waals surface area contributed by atoms with Crippen molar-refractivity contribution in [2.24, 2.45) is 0 Å². The van der Waals surface area contributed by atoms with Crippen molar-refractivity contribution in [1.82, 2.24) is 9.97 Å². The molecule has 1 unspecified atom stereocenters. The average molecular weight is 457 g/mol. The van der Waals surface area contributed by atoms with Crippen LogP contribution in [-0.4, -0.2) is 21.0 Å². The Labute approximate surface area is 178 Å². The number of hydrogen-bond donors (Lipinski definition) is 3. The van der Waals surface area contributed by atoms with Crippen molar-refractivity contribution in [2.75, 3.05) is 10.6 Å². The third kappa shape index (κ3) is 5.11. The van der Waals surface area contributed by atoms with Crippen molar-refractivity contribution in [3.63, 3.8) is 0 Å². The molecular weight excluding hydrogens is 444 g/mol. The number of halogens is 5. The van der Waals surface area contributed by atoms with Gasteiger partial charge in [0.2, 0.25) is 5.95 Å². The Bertz CT molecular complexity index is 1070. The van der Waals surface area contributed by atoms with Crippen LogP contribution in [0, 0.1) is 0 Å². The van der Waals surface area contributed by atoms with Crippen LogP contribution in [0.4, 0.5) is 30.6 Å². The summed E-state index contributed by atoms with van der Waals surface area (Å²) >= 11 is 11.8. The van der Waals surface area contributed by atoms with Gasteiger partial charge in [0.15, 0.2) is 6.04 Å². The van der Waals surface area contributed by atoms with Gasteiger partial charge in [-0.05, 0) is 23.8 Å². The maximum Gasteiger partial charge on any atom is 0.421 e. The summed E-state index contributed by atoms with van der Waals surface area (Å²) in [6.45, 7) is 0. The number of carboxylic acid groups (broad SMARTS) is 1. The first-order valence-electron chi connectivity index (χ1n) is 8.36. The fraction of sp³-hybridized carbons (Fsp3) is 0.105. The SMILES string of the molecule is O=C(O)C(Nc1nc(Nc2ccc(Cl)c(Cl)c2)ncc1C(F)(F)F)c1ccccc1. The van der Waals surface area contributed by atoms with Gasteiger partial charge in [0.25, 0.3) is 0 Å². The minimum atomic E-state index is -4.80. The second-order valence-electron chi connectivity index (χ2n) is 6.03. The van der Waals surface area contributed by atoms with Gasteiger partial charge in [0.1, 0.15) is 11.4 Å². The molecule has 0 aliphatic carbocycles. The zero-order valence-electron chi connectivity index (χ0n) is 14.9. The first-order chi connectivity index (χ1) is 14.1. The van der Waals surface area contributed by atoms with Crippen LogP contribution in [0.15, 0.2) is 54.7 Å². The molecular formula is C19H13Cl2F3N4O2. The number of carboxylic acids is 1. The normalized spacial score (nSPS) is 12.3. The zero-order valence-corrected chi connectivity index (χ0v) is 16.4. The van der Waals surface area contributed by atoms with E-state index in [0.29, 0.717) is 16.9 Å². The monoisotopic (exact) mass is 456 g/mol. The quantitative estimate of drug-likeness (QED) is 0.435. The molecule has 3 N–H and O–H groups in total. The van der Waals surface area contributed by atoms with Crippen LogP contribution < -0.4 is 10.6 Å². The Balaban J connectivity index is 1.98. The van der Waals surface area contributed by atoms with Gasteiger partial charge in [-0.1, -0.05) is 53.5 Å². The summed E-state index contributed by atoms with van der Waals surface area (Å²) in [6, 6.07) is 10.8. The van der Waals surface area contributed by atoms with E-state index in [1.165, 1.54) is 30.3 Å². The second-order valence-corrected chi connectivity index (χ2v) is 6.85. The maximum atomic E-state index is 13.4. The largest absolute Gasteiger partial charge is 0.479 e. The zero-order chi connectivity index (χ0) is 21.9. The molecule has 6 nitrogen and oxygen atoms in total. The van der Waals surface area contributed by atoms with Gasteiger partial charge in [-0.25, -0.2) is 9.78 Å². The Kier molecular flexibility index (Phi) is 6.33. The molecule has 156 valence electrons. The molecule has 0 amide bonds. The molecule has 0 spiro atoms. The van der Waals surface area contributed by atoms with E-state index in [9.17, 15) is 23.1 Å². The number of carbonyl (C=O) groups is 1. The topological polar surface area (TPSA) is 87.1 Å². The number of nitrogens with one attached hydrogen (secondary N) is 2. The standard InChI is InChI=1S/C19H13Cl2F3N4O2/c20-13-7-6-11(8-14(13)21)26-18-25-9-12(19(22,23)24)16(28-18)27-15(17(29)30)10-4-2-1-3-5-10/h1-9,15H,(H,29,30)(H2,25,26,27,28). The lowest BCUT2D eigenvalue weighted by atomic mass is 10.1. The van der Waals surface area contributed by atoms with Crippen LogP contribution in [-0.2, 0) is 11.0 Å². The molecule has 30 heavy (non-hydrogen) atoms. The highest BCUT2D eigenvalue weighted by Crippen LogP contribution is 2.36. The fourth-order valence-corrected chi connectivity index (χ4v) is 2.83. The highest BCUT2D eigenvalue weighted by atomic mass is 35.5. The highest BCUT2D eigenvalue weighted by Gasteiger charge is 2.36. The van der Waals surface area contributed by atoms with Gasteiger partial charge >= 0.3 is 12.1 Å². The van der Waals surface area contributed by atoms with E-state index >= 15 is 0 Å². The van der Waals surface area contributed by atoms with E-state index < -0.39 is 29.6 Å². The lowest BCUT2D eigenvalue weighted by Gasteiger charge is -2.19. The summed E-state index contributed by atoms with van der Waals surface area (Å²) in [5, 5.41) is 15.1. The first kappa shape index (κ1) is 21.7. The summed E-state index contributed by atoms with van der Waals surface area (Å²) in [6.07, 6.45) is -4.23. The van der Waals surface area contributed by atoms with Gasteiger partial charge in [-0.2, -0.15) is 18.2 Å². The Morgan fingerprint density at radius 2 is 1.77 bits per heavy atom. The van der Waals surface area contributed by atoms with Crippen molar-refractivity contribution in [2.45, 2.75) is 12.2 Å². The highest BCUT2D eigenvalue weighted by molar-refractivity contribution is 6.42. The Morgan fingerprint density at radius 3 is 2.37 bits per heavy atom. The Morgan fingerprint density at radius 1 is 1.07 bits per heavy atom. The van der Waals surface area contributed by atoms with Gasteiger partial charge in [0.05, 0.1) is 10.0 Å². The molecule has 0 bridgehead atoms. The predicted molar refractivity (Wildman–Crippen MR) is 107 cm³/mol. The summed E-state index contributed by atoms with van der Waals surface area (Å²) in [5.74, 6) is -2.25. The van der Waals surface area contributed by atoms with Crippen molar-refractivity contribution in [3.8, 4) is 0 Å². The lowest BCUT2D eigenvalue weighted by molar-refractivity contribution is -0.139. The van der Waals surface area contributed by atoms with Gasteiger partial charge in [-0.3, -0.25) is 0 Å². The number of benzene rings is 2. The van der Waals surface area contributed by atoms with E-state index in [0.717, 1.165) is 0 Å². The molecule has 0 radical (unpaired) electrons. The third-order valence-electron chi connectivity index (χ3n) is 3.93. The van der Waals surface area contributed by atoms with Crippen molar-refractivity contribution >= 4 is 46.6 Å². The minimum absolute atomic E-state index is 0.193. The summed E-state index contributed by atoms with van der Waals surface area (Å²) in [7, 11) is 0. The molecule has 0 saturated heterocycles. The van der Waals surface area contributed by atoms with E-state index in [-0.39, 0.29) is 16.5 Å². The van der Waals surface area contributed by atoms with Crippen LogP contribution in [0.1, 0.15) is 17.2 Å². The van der Waals surface area contributed by atoms with Crippen LogP contribution in [0.2, 0.25) is 10.0 Å². The van der Waals surface area contributed by atoms with Crippen LogP contribution >= 0.6 is 23.2 Å². The molecule has 0 fully saturated rings. The van der Waals surface area contributed by atoms with E-state index in [1.807, 2.05) is 0 Å². The summed E-state index contributed by atoms with van der Waals surface area (Å²) < 4.78 is 40.3. The number of aromatic nitrogens is 2. The number of nitrogens with zero attached hydrogens (tertiary/aromatic N) is 2.